The van der Waals surface area contributed by atoms with Crippen LogP contribution in [-0.2, 0) is 48.6 Å². The smallest absolute Gasteiger partial charge is 0.313 e. The van der Waals surface area contributed by atoms with Gasteiger partial charge < -0.3 is 18.3 Å². The Hall–Kier alpha value is -1.73. The molecule has 0 aromatic heterocycles. The van der Waals surface area contributed by atoms with Crippen LogP contribution in [0.5, 0.6) is 0 Å². The Morgan fingerprint density at radius 2 is 1.72 bits per heavy atom. The second-order valence-corrected chi connectivity index (χ2v) is 12.0. The van der Waals surface area contributed by atoms with Gasteiger partial charge in [-0.1, -0.05) is 0 Å². The molecule has 13 heteroatoms. The van der Waals surface area contributed by atoms with Crippen molar-refractivity contribution in [2.24, 2.45) is 29.6 Å². The van der Waals surface area contributed by atoms with E-state index in [1.807, 2.05) is 0 Å². The predicted molar refractivity (Wildman–Crippen MR) is 95.9 cm³/mol. The first-order chi connectivity index (χ1) is 13.1. The van der Waals surface area contributed by atoms with Crippen LogP contribution in [0.25, 0.3) is 4.13 Å². The zero-order chi connectivity index (χ0) is 21.9. The summed E-state index contributed by atoms with van der Waals surface area (Å²) in [6.07, 6.45) is 0.148. The van der Waals surface area contributed by atoms with Gasteiger partial charge in [0.15, 0.2) is 5.94 Å². The molecule has 0 aromatic carbocycles. The molecule has 0 aromatic rings. The topological polar surface area (TPSA) is 161 Å². The highest BCUT2D eigenvalue weighted by atomic mass is 32.3. The summed E-state index contributed by atoms with van der Waals surface area (Å²) in [5.41, 5.74) is -0.794. The van der Waals surface area contributed by atoms with E-state index in [0.717, 1.165) is 0 Å². The average molecular weight is 452 g/mol. The molecule has 1 saturated heterocycles. The molecule has 6 atom stereocenters. The van der Waals surface area contributed by atoms with E-state index in [1.54, 1.807) is 20.8 Å². The van der Waals surface area contributed by atoms with Crippen molar-refractivity contribution in [2.75, 3.05) is 12.2 Å². The largest absolute Gasteiger partial charge is 0.461 e. The van der Waals surface area contributed by atoms with Gasteiger partial charge in [-0.2, -0.15) is 0 Å². The number of nitrogens with zero attached hydrogens (tertiary/aromatic N) is 1. The SMILES string of the molecule is CC(C)(C)OC(=O)C1C2CC3C(OC(=O)C31)C2C(=O)OCS(=O)(=O)[N-]S(C)(=O)=O. The molecular formula is C16H22NO10S2-. The summed E-state index contributed by atoms with van der Waals surface area (Å²) >= 11 is 0. The molecule has 1 aliphatic heterocycles. The van der Waals surface area contributed by atoms with E-state index in [2.05, 4.69) is 4.13 Å². The van der Waals surface area contributed by atoms with Crippen molar-refractivity contribution in [3.05, 3.63) is 4.13 Å². The lowest BCUT2D eigenvalue weighted by Gasteiger charge is -2.31. The highest BCUT2D eigenvalue weighted by molar-refractivity contribution is 8.11. The summed E-state index contributed by atoms with van der Waals surface area (Å²) in [5, 5.41) is 0. The van der Waals surface area contributed by atoms with Gasteiger partial charge in [0.1, 0.15) is 21.7 Å². The number of esters is 3. The van der Waals surface area contributed by atoms with Gasteiger partial charge in [0, 0.05) is 12.2 Å². The highest BCUT2D eigenvalue weighted by Gasteiger charge is 2.70. The molecule has 2 bridgehead atoms. The van der Waals surface area contributed by atoms with E-state index in [0.29, 0.717) is 12.7 Å². The Balaban J connectivity index is 1.76. The van der Waals surface area contributed by atoms with Gasteiger partial charge in [-0.3, -0.25) is 14.4 Å². The van der Waals surface area contributed by atoms with Crippen LogP contribution in [0.3, 0.4) is 0 Å². The first-order valence-corrected chi connectivity index (χ1v) is 12.3. The van der Waals surface area contributed by atoms with Crippen LogP contribution < -0.4 is 0 Å². The Labute approximate surface area is 168 Å². The molecular weight excluding hydrogens is 430 g/mol. The second kappa shape index (κ2) is 6.91. The standard InChI is InChI=1S/C16H22NO10S2/c1-16(2,3)27-15(20)9-7-5-8-10(9)14(19)26-12(8)11(7)13(18)25-6-29(23,24)17-28(4,21)22/h7-12H,5-6H2,1-4H3/q-1. The van der Waals surface area contributed by atoms with E-state index in [9.17, 15) is 31.2 Å². The van der Waals surface area contributed by atoms with Crippen molar-refractivity contribution in [3.63, 3.8) is 0 Å². The minimum absolute atomic E-state index is 0.361. The molecule has 1 heterocycles. The van der Waals surface area contributed by atoms with E-state index in [-0.39, 0.29) is 5.92 Å². The summed E-state index contributed by atoms with van der Waals surface area (Å²) in [4.78, 5) is 37.5. The number of carbonyl (C=O) groups is 3. The lowest BCUT2D eigenvalue weighted by molar-refractivity contribution is -0.167. The molecule has 3 fully saturated rings. The molecule has 164 valence electrons. The third-order valence-electron chi connectivity index (χ3n) is 5.17. The number of sulfonamides is 2. The lowest BCUT2D eigenvalue weighted by atomic mass is 9.74. The Kier molecular flexibility index (Phi) is 5.23. The van der Waals surface area contributed by atoms with Crippen LogP contribution in [0.2, 0.25) is 0 Å². The molecule has 29 heavy (non-hydrogen) atoms. The van der Waals surface area contributed by atoms with Crippen molar-refractivity contribution in [1.82, 2.24) is 0 Å². The predicted octanol–water partition coefficient (Wildman–Crippen LogP) is -0.0844. The number of rotatable bonds is 6. The van der Waals surface area contributed by atoms with Crippen LogP contribution in [0.1, 0.15) is 27.2 Å². The van der Waals surface area contributed by atoms with Gasteiger partial charge >= 0.3 is 17.9 Å². The number of hydrogen-bond acceptors (Lipinski definition) is 10. The summed E-state index contributed by atoms with van der Waals surface area (Å²) in [7, 11) is -8.76. The summed E-state index contributed by atoms with van der Waals surface area (Å²) < 4.78 is 63.5. The normalized spacial score (nSPS) is 33.4. The first kappa shape index (κ1) is 22.0. The number of fused-ring (bicyclic) bond motifs is 1. The Morgan fingerprint density at radius 1 is 1.10 bits per heavy atom. The van der Waals surface area contributed by atoms with Crippen LogP contribution in [0.15, 0.2) is 0 Å². The van der Waals surface area contributed by atoms with Crippen LogP contribution in [0, 0.1) is 29.6 Å². The van der Waals surface area contributed by atoms with Gasteiger partial charge in [0.25, 0.3) is 0 Å². The number of ether oxygens (including phenoxy) is 3. The fraction of sp³-hybridized carbons (Fsp3) is 0.812. The van der Waals surface area contributed by atoms with Gasteiger partial charge in [-0.15, -0.1) is 0 Å². The van der Waals surface area contributed by atoms with Crippen molar-refractivity contribution in [3.8, 4) is 0 Å². The molecule has 6 unspecified atom stereocenters. The number of carbonyl (C=O) groups excluding carboxylic acids is 3. The van der Waals surface area contributed by atoms with Gasteiger partial charge in [0.05, 0.1) is 27.8 Å². The molecule has 0 N–H and O–H groups in total. The molecule has 2 saturated carbocycles. The first-order valence-electron chi connectivity index (χ1n) is 8.86. The van der Waals surface area contributed by atoms with Crippen LogP contribution in [0.4, 0.5) is 0 Å². The third kappa shape index (κ3) is 4.40. The van der Waals surface area contributed by atoms with E-state index < -0.39 is 79.3 Å². The van der Waals surface area contributed by atoms with E-state index >= 15 is 0 Å². The van der Waals surface area contributed by atoms with Crippen molar-refractivity contribution >= 4 is 38.0 Å². The van der Waals surface area contributed by atoms with Gasteiger partial charge in [-0.25, -0.2) is 16.8 Å². The number of hydrogen-bond donors (Lipinski definition) is 0. The van der Waals surface area contributed by atoms with Crippen LogP contribution >= 0.6 is 0 Å². The van der Waals surface area contributed by atoms with Gasteiger partial charge in [0.2, 0.25) is 0 Å². The van der Waals surface area contributed by atoms with Crippen molar-refractivity contribution in [2.45, 2.75) is 38.9 Å². The van der Waals surface area contributed by atoms with Crippen molar-refractivity contribution in [1.29, 1.82) is 0 Å². The summed E-state index contributed by atoms with van der Waals surface area (Å²) in [6.45, 7) is 5.03. The van der Waals surface area contributed by atoms with Crippen molar-refractivity contribution < 1.29 is 45.4 Å². The molecule has 0 spiro atoms. The fourth-order valence-corrected chi connectivity index (χ4v) is 6.60. The van der Waals surface area contributed by atoms with E-state index in [4.69, 9.17) is 14.2 Å². The van der Waals surface area contributed by atoms with Crippen LogP contribution in [-0.4, -0.2) is 58.6 Å². The Morgan fingerprint density at radius 3 is 2.28 bits per heavy atom. The Bertz CT molecular complexity index is 949. The zero-order valence-electron chi connectivity index (χ0n) is 16.2. The maximum atomic E-state index is 12.7. The lowest BCUT2D eigenvalue weighted by Crippen LogP contribution is -2.44. The molecule has 3 aliphatic rings. The molecule has 11 nitrogen and oxygen atoms in total. The maximum absolute atomic E-state index is 12.7. The minimum Gasteiger partial charge on any atom is -0.461 e. The molecule has 3 rings (SSSR count). The molecule has 0 amide bonds. The zero-order valence-corrected chi connectivity index (χ0v) is 17.9. The average Bonchev–Trinajstić information content (AvgIpc) is 3.09. The summed E-state index contributed by atoms with van der Waals surface area (Å²) in [5.74, 6) is -7.05. The summed E-state index contributed by atoms with van der Waals surface area (Å²) in [6, 6.07) is 0. The highest BCUT2D eigenvalue weighted by Crippen LogP contribution is 2.61. The fourth-order valence-electron chi connectivity index (χ4n) is 4.51. The third-order valence-corrected chi connectivity index (χ3v) is 7.57. The minimum atomic E-state index is -4.56. The molecule has 0 radical (unpaired) electrons. The van der Waals surface area contributed by atoms with Gasteiger partial charge in [-0.05, 0) is 33.1 Å². The quantitative estimate of drug-likeness (QED) is 0.393. The van der Waals surface area contributed by atoms with E-state index in [1.165, 1.54) is 0 Å². The monoisotopic (exact) mass is 452 g/mol. The maximum Gasteiger partial charge on any atom is 0.313 e. The second-order valence-electron chi connectivity index (χ2n) is 8.55. The molecule has 2 aliphatic carbocycles.